The van der Waals surface area contributed by atoms with Gasteiger partial charge in [0.25, 0.3) is 0 Å². The smallest absolute Gasteiger partial charge is 0.0542 e. The van der Waals surface area contributed by atoms with Gasteiger partial charge in [-0.05, 0) is 84.4 Å². The van der Waals surface area contributed by atoms with Crippen LogP contribution in [0.4, 0.5) is 17.1 Å². The molecule has 0 aliphatic heterocycles. The molecule has 0 unspecified atom stereocenters. The quantitative estimate of drug-likeness (QED) is 0.246. The van der Waals surface area contributed by atoms with E-state index in [4.69, 9.17) is 0 Å². The Morgan fingerprint density at radius 1 is 0.459 bits per heavy atom. The van der Waals surface area contributed by atoms with Crippen LogP contribution < -0.4 is 4.90 Å². The van der Waals surface area contributed by atoms with Gasteiger partial charge in [-0.25, -0.2) is 0 Å². The average Bonchev–Trinajstić information content (AvgIpc) is 3.27. The first kappa shape index (κ1) is 21.5. The van der Waals surface area contributed by atoms with Crippen LogP contribution in [0.25, 0.3) is 38.3 Å². The summed E-state index contributed by atoms with van der Waals surface area (Å²) in [6, 6.07) is 50.1. The summed E-state index contributed by atoms with van der Waals surface area (Å²) in [7, 11) is 0. The second-order valence-corrected chi connectivity index (χ2v) is 9.60. The lowest BCUT2D eigenvalue weighted by atomic mass is 10.1. The van der Waals surface area contributed by atoms with Crippen molar-refractivity contribution in [2.45, 2.75) is 6.92 Å². The Morgan fingerprint density at radius 2 is 1.05 bits per heavy atom. The lowest BCUT2D eigenvalue weighted by molar-refractivity contribution is 1.18. The number of aryl methyl sites for hydroxylation is 1. The first-order chi connectivity index (χ1) is 18.3. The van der Waals surface area contributed by atoms with Gasteiger partial charge in [-0.2, -0.15) is 0 Å². The zero-order chi connectivity index (χ0) is 24.8. The maximum Gasteiger partial charge on any atom is 0.0542 e. The maximum absolute atomic E-state index is 2.37. The van der Waals surface area contributed by atoms with Crippen LogP contribution in [0.15, 0.2) is 140 Å². The monoisotopic (exact) mass is 474 g/mol. The fourth-order valence-electron chi connectivity index (χ4n) is 5.46. The number of para-hydroxylation sites is 2. The molecule has 0 bridgehead atoms. The van der Waals surface area contributed by atoms with Gasteiger partial charge in [0.15, 0.2) is 0 Å². The van der Waals surface area contributed by atoms with Crippen molar-refractivity contribution in [1.82, 2.24) is 4.57 Å². The highest BCUT2D eigenvalue weighted by Crippen LogP contribution is 2.40. The Bertz CT molecular complexity index is 1880. The predicted molar refractivity (Wildman–Crippen MR) is 158 cm³/mol. The second kappa shape index (κ2) is 8.69. The molecule has 0 spiro atoms. The van der Waals surface area contributed by atoms with Crippen LogP contribution in [0.3, 0.4) is 0 Å². The maximum atomic E-state index is 2.37. The molecule has 176 valence electrons. The molecule has 0 saturated carbocycles. The molecule has 0 saturated heterocycles. The summed E-state index contributed by atoms with van der Waals surface area (Å²) in [5.74, 6) is 0. The fraction of sp³-hybridized carbons (Fsp3) is 0.0286. The van der Waals surface area contributed by atoms with E-state index in [9.17, 15) is 0 Å². The first-order valence-corrected chi connectivity index (χ1v) is 12.7. The van der Waals surface area contributed by atoms with Crippen LogP contribution in [0.2, 0.25) is 0 Å². The van der Waals surface area contributed by atoms with Crippen LogP contribution >= 0.6 is 0 Å². The van der Waals surface area contributed by atoms with Crippen LogP contribution in [0.1, 0.15) is 5.56 Å². The van der Waals surface area contributed by atoms with E-state index in [0.717, 1.165) is 17.1 Å². The van der Waals surface area contributed by atoms with Crippen LogP contribution in [0, 0.1) is 6.92 Å². The number of hydrogen-bond acceptors (Lipinski definition) is 1. The summed E-state index contributed by atoms with van der Waals surface area (Å²) >= 11 is 0. The molecular formula is C35H26N2. The summed E-state index contributed by atoms with van der Waals surface area (Å²) < 4.78 is 2.37. The number of anilines is 3. The molecule has 0 radical (unpaired) electrons. The van der Waals surface area contributed by atoms with Crippen molar-refractivity contribution in [1.29, 1.82) is 0 Å². The van der Waals surface area contributed by atoms with E-state index in [-0.39, 0.29) is 0 Å². The fourth-order valence-corrected chi connectivity index (χ4v) is 5.46. The van der Waals surface area contributed by atoms with Gasteiger partial charge in [0.2, 0.25) is 0 Å². The Morgan fingerprint density at radius 3 is 1.84 bits per heavy atom. The van der Waals surface area contributed by atoms with Gasteiger partial charge in [-0.1, -0.05) is 78.4 Å². The number of fused-ring (bicyclic) bond motifs is 4. The largest absolute Gasteiger partial charge is 0.310 e. The number of hydrogen-bond donors (Lipinski definition) is 0. The third-order valence-electron chi connectivity index (χ3n) is 7.18. The van der Waals surface area contributed by atoms with Crippen LogP contribution in [-0.2, 0) is 0 Å². The summed E-state index contributed by atoms with van der Waals surface area (Å²) in [6.45, 7) is 2.17. The molecule has 0 aliphatic carbocycles. The lowest BCUT2D eigenvalue weighted by Gasteiger charge is -2.26. The predicted octanol–water partition coefficient (Wildman–Crippen LogP) is 9.72. The van der Waals surface area contributed by atoms with Crippen molar-refractivity contribution >= 4 is 49.6 Å². The molecule has 0 amide bonds. The molecule has 6 aromatic carbocycles. The average molecular weight is 475 g/mol. The molecular weight excluding hydrogens is 448 g/mol. The van der Waals surface area contributed by atoms with Crippen molar-refractivity contribution in [2.24, 2.45) is 0 Å². The standard InChI is InChI=1S/C35H26N2/c1-25-16-20-34-32(22-25)33-24-31(19-21-35(33)37(34)29-14-6-3-7-15-29)36(28-12-4-2-5-13-28)30-18-17-26-10-8-9-11-27(26)23-30/h2-24H,1H3. The molecule has 2 nitrogen and oxygen atoms in total. The third kappa shape index (κ3) is 3.66. The minimum Gasteiger partial charge on any atom is -0.310 e. The highest BCUT2D eigenvalue weighted by Gasteiger charge is 2.17. The van der Waals surface area contributed by atoms with Crippen molar-refractivity contribution in [3.05, 3.63) is 145 Å². The zero-order valence-electron chi connectivity index (χ0n) is 20.7. The molecule has 0 atom stereocenters. The lowest BCUT2D eigenvalue weighted by Crippen LogP contribution is -2.09. The summed E-state index contributed by atoms with van der Waals surface area (Å²) in [5, 5.41) is 5.00. The van der Waals surface area contributed by atoms with Gasteiger partial charge in [-0.15, -0.1) is 0 Å². The minimum absolute atomic E-state index is 1.14. The molecule has 0 fully saturated rings. The highest BCUT2D eigenvalue weighted by atomic mass is 15.1. The van der Waals surface area contributed by atoms with E-state index in [1.807, 2.05) is 0 Å². The van der Waals surface area contributed by atoms with Crippen LogP contribution in [-0.4, -0.2) is 4.57 Å². The van der Waals surface area contributed by atoms with E-state index >= 15 is 0 Å². The van der Waals surface area contributed by atoms with Crippen molar-refractivity contribution < 1.29 is 0 Å². The molecule has 7 rings (SSSR count). The van der Waals surface area contributed by atoms with E-state index in [0.29, 0.717) is 0 Å². The van der Waals surface area contributed by atoms with Gasteiger partial charge in [-0.3, -0.25) is 0 Å². The van der Waals surface area contributed by atoms with E-state index in [1.54, 1.807) is 0 Å². The Kier molecular flexibility index (Phi) is 5.04. The van der Waals surface area contributed by atoms with Crippen LogP contribution in [0.5, 0.6) is 0 Å². The number of rotatable bonds is 4. The SMILES string of the molecule is Cc1ccc2c(c1)c1cc(N(c3ccccc3)c3ccc4ccccc4c3)ccc1n2-c1ccccc1. The van der Waals surface area contributed by atoms with Gasteiger partial charge in [0.1, 0.15) is 0 Å². The van der Waals surface area contributed by atoms with Gasteiger partial charge >= 0.3 is 0 Å². The normalized spacial score (nSPS) is 11.4. The molecule has 2 heteroatoms. The second-order valence-electron chi connectivity index (χ2n) is 9.60. The molecule has 0 N–H and O–H groups in total. The summed E-state index contributed by atoms with van der Waals surface area (Å²) in [5.41, 5.74) is 8.30. The molecule has 0 aliphatic rings. The Hall–Kier alpha value is -4.82. The Balaban J connectivity index is 1.49. The minimum atomic E-state index is 1.14. The van der Waals surface area contributed by atoms with E-state index in [2.05, 4.69) is 156 Å². The summed E-state index contributed by atoms with van der Waals surface area (Å²) in [6.07, 6.45) is 0. The molecule has 7 aromatic rings. The molecule has 37 heavy (non-hydrogen) atoms. The van der Waals surface area contributed by atoms with Crippen molar-refractivity contribution in [3.63, 3.8) is 0 Å². The van der Waals surface area contributed by atoms with E-state index < -0.39 is 0 Å². The number of aromatic nitrogens is 1. The first-order valence-electron chi connectivity index (χ1n) is 12.7. The zero-order valence-corrected chi connectivity index (χ0v) is 20.7. The number of benzene rings is 6. The number of nitrogens with zero attached hydrogens (tertiary/aromatic N) is 2. The molecule has 1 aromatic heterocycles. The Labute approximate surface area is 216 Å². The van der Waals surface area contributed by atoms with Crippen molar-refractivity contribution in [2.75, 3.05) is 4.90 Å². The third-order valence-corrected chi connectivity index (χ3v) is 7.18. The summed E-state index contributed by atoms with van der Waals surface area (Å²) in [4.78, 5) is 2.35. The molecule has 1 heterocycles. The van der Waals surface area contributed by atoms with Gasteiger partial charge < -0.3 is 9.47 Å². The van der Waals surface area contributed by atoms with Gasteiger partial charge in [0.05, 0.1) is 11.0 Å². The van der Waals surface area contributed by atoms with Gasteiger partial charge in [0, 0.05) is 33.5 Å². The topological polar surface area (TPSA) is 8.17 Å². The van der Waals surface area contributed by atoms with E-state index in [1.165, 1.54) is 43.8 Å². The van der Waals surface area contributed by atoms with Crippen molar-refractivity contribution in [3.8, 4) is 5.69 Å². The highest BCUT2D eigenvalue weighted by molar-refractivity contribution is 6.11.